The van der Waals surface area contributed by atoms with Gasteiger partial charge in [-0.2, -0.15) is 0 Å². The van der Waals surface area contributed by atoms with E-state index in [0.717, 1.165) is 16.8 Å². The van der Waals surface area contributed by atoms with E-state index in [2.05, 4.69) is 20.3 Å². The van der Waals surface area contributed by atoms with Crippen molar-refractivity contribution in [2.45, 2.75) is 13.3 Å². The third kappa shape index (κ3) is 3.29. The average Bonchev–Trinajstić information content (AvgIpc) is 3.27. The minimum absolute atomic E-state index is 0.0166. The number of methoxy groups -OCH3 is 1. The molecule has 29 heavy (non-hydrogen) atoms. The fourth-order valence-electron chi connectivity index (χ4n) is 3.23. The molecule has 0 unspecified atom stereocenters. The molecule has 0 N–H and O–H groups in total. The van der Waals surface area contributed by atoms with Gasteiger partial charge in [-0.1, -0.05) is 30.3 Å². The molecule has 0 atom stereocenters. The van der Waals surface area contributed by atoms with Gasteiger partial charge in [-0.25, -0.2) is 14.6 Å². The summed E-state index contributed by atoms with van der Waals surface area (Å²) in [5, 5.41) is 9.07. The molecule has 0 saturated heterocycles. The largest absolute Gasteiger partial charge is 0.494 e. The number of anilines is 1. The van der Waals surface area contributed by atoms with Crippen LogP contribution in [0.25, 0.3) is 28.0 Å². The maximum atomic E-state index is 12.3. The summed E-state index contributed by atoms with van der Waals surface area (Å²) < 4.78 is 7.24. The highest BCUT2D eigenvalue weighted by atomic mass is 16.5. The van der Waals surface area contributed by atoms with Gasteiger partial charge in [0.05, 0.1) is 30.2 Å². The number of carbonyl (C=O) groups excluding carboxylic acids is 1. The van der Waals surface area contributed by atoms with Crippen LogP contribution in [0, 0.1) is 0 Å². The van der Waals surface area contributed by atoms with Gasteiger partial charge in [-0.3, -0.25) is 4.79 Å². The first-order valence-corrected chi connectivity index (χ1v) is 9.19. The first kappa shape index (κ1) is 18.5. The zero-order valence-corrected chi connectivity index (χ0v) is 16.4. The molecule has 0 bridgehead atoms. The second-order valence-electron chi connectivity index (χ2n) is 6.44. The molecule has 2 heterocycles. The van der Waals surface area contributed by atoms with Gasteiger partial charge in [0, 0.05) is 24.9 Å². The highest BCUT2D eigenvalue weighted by Gasteiger charge is 2.19. The maximum absolute atomic E-state index is 12.3. The Bertz CT molecular complexity index is 1170. The van der Waals surface area contributed by atoms with Crippen LogP contribution in [0.4, 0.5) is 5.69 Å². The summed E-state index contributed by atoms with van der Waals surface area (Å²) in [6, 6.07) is 13.4. The van der Waals surface area contributed by atoms with Crippen LogP contribution in [0.3, 0.4) is 0 Å². The molecule has 2 aromatic carbocycles. The fourth-order valence-corrected chi connectivity index (χ4v) is 3.23. The molecule has 0 radical (unpaired) electrons. The Morgan fingerprint density at radius 1 is 1.17 bits per heavy atom. The quantitative estimate of drug-likeness (QED) is 0.522. The lowest BCUT2D eigenvalue weighted by molar-refractivity contribution is -0.118. The van der Waals surface area contributed by atoms with Gasteiger partial charge >= 0.3 is 0 Å². The minimum atomic E-state index is -0.0166. The van der Waals surface area contributed by atoms with E-state index in [0.29, 0.717) is 29.1 Å². The Labute approximate surface area is 167 Å². The van der Waals surface area contributed by atoms with Crippen molar-refractivity contribution < 1.29 is 9.53 Å². The Kier molecular flexibility index (Phi) is 4.90. The molecule has 4 aromatic rings. The molecule has 8 heteroatoms. The fraction of sp³-hybridized carbons (Fsp3) is 0.190. The summed E-state index contributed by atoms with van der Waals surface area (Å²) in [5.41, 5.74) is 3.63. The van der Waals surface area contributed by atoms with Crippen molar-refractivity contribution in [2.24, 2.45) is 0 Å². The monoisotopic (exact) mass is 388 g/mol. The molecular formula is C21H20N6O2. The molecule has 4 rings (SSSR count). The zero-order chi connectivity index (χ0) is 20.4. The number of rotatable bonds is 5. The third-order valence-corrected chi connectivity index (χ3v) is 4.77. The van der Waals surface area contributed by atoms with Crippen LogP contribution in [0.5, 0.6) is 5.75 Å². The molecule has 8 nitrogen and oxygen atoms in total. The van der Waals surface area contributed by atoms with Crippen molar-refractivity contribution in [1.29, 1.82) is 0 Å². The molecule has 0 spiro atoms. The second-order valence-corrected chi connectivity index (χ2v) is 6.44. The predicted octanol–water partition coefficient (Wildman–Crippen LogP) is 3.26. The average molecular weight is 388 g/mol. The van der Waals surface area contributed by atoms with Crippen LogP contribution >= 0.6 is 0 Å². The zero-order valence-electron chi connectivity index (χ0n) is 16.4. The minimum Gasteiger partial charge on any atom is -0.494 e. The van der Waals surface area contributed by atoms with Crippen LogP contribution in [0.1, 0.15) is 13.3 Å². The van der Waals surface area contributed by atoms with Gasteiger partial charge in [-0.15, -0.1) is 5.10 Å². The van der Waals surface area contributed by atoms with E-state index in [1.54, 1.807) is 29.9 Å². The number of benzene rings is 2. The number of hydrogen-bond donors (Lipinski definition) is 0. The first-order valence-electron chi connectivity index (χ1n) is 9.19. The van der Waals surface area contributed by atoms with Crippen molar-refractivity contribution in [3.8, 4) is 22.8 Å². The van der Waals surface area contributed by atoms with Gasteiger partial charge in [0.15, 0.2) is 0 Å². The molecule has 0 fully saturated rings. The maximum Gasteiger partial charge on any atom is 0.226 e. The molecule has 1 amide bonds. The Morgan fingerprint density at radius 2 is 1.97 bits per heavy atom. The lowest BCUT2D eigenvalue weighted by Crippen LogP contribution is -2.25. The van der Waals surface area contributed by atoms with E-state index >= 15 is 0 Å². The van der Waals surface area contributed by atoms with Crippen LogP contribution < -0.4 is 9.64 Å². The van der Waals surface area contributed by atoms with Gasteiger partial charge in [0.2, 0.25) is 5.91 Å². The molecule has 146 valence electrons. The van der Waals surface area contributed by atoms with Crippen LogP contribution in [-0.2, 0) is 4.79 Å². The summed E-state index contributed by atoms with van der Waals surface area (Å²) in [4.78, 5) is 22.8. The number of para-hydroxylation sites is 1. The molecule has 0 aliphatic rings. The molecular weight excluding hydrogens is 368 g/mol. The van der Waals surface area contributed by atoms with Crippen molar-refractivity contribution in [3.05, 3.63) is 55.0 Å². The lowest BCUT2D eigenvalue weighted by atomic mass is 10.1. The standard InChI is InChI=1S/C21H20N6O2/c1-4-20(28)26(2)17-10-15-16(11-19(17)29-3)22-13-23-21(15)18-12-24-25-27(18)14-8-6-5-7-9-14/h5-13H,4H2,1-3H3. The highest BCUT2D eigenvalue weighted by Crippen LogP contribution is 2.36. The van der Waals surface area contributed by atoms with Crippen LogP contribution in [-0.4, -0.2) is 45.0 Å². The summed E-state index contributed by atoms with van der Waals surface area (Å²) in [6.07, 6.45) is 3.56. The smallest absolute Gasteiger partial charge is 0.226 e. The van der Waals surface area contributed by atoms with Crippen molar-refractivity contribution in [1.82, 2.24) is 25.0 Å². The van der Waals surface area contributed by atoms with E-state index in [-0.39, 0.29) is 5.91 Å². The van der Waals surface area contributed by atoms with Crippen LogP contribution in [0.15, 0.2) is 55.0 Å². The highest BCUT2D eigenvalue weighted by molar-refractivity contribution is 6.00. The third-order valence-electron chi connectivity index (χ3n) is 4.77. The van der Waals surface area contributed by atoms with Crippen molar-refractivity contribution >= 4 is 22.5 Å². The topological polar surface area (TPSA) is 86.0 Å². The summed E-state index contributed by atoms with van der Waals surface area (Å²) in [5.74, 6) is 0.554. The molecule has 0 aliphatic carbocycles. The number of carbonyl (C=O) groups is 1. The van der Waals surface area contributed by atoms with Gasteiger partial charge in [0.25, 0.3) is 0 Å². The van der Waals surface area contributed by atoms with E-state index in [1.165, 1.54) is 6.33 Å². The number of ether oxygens (including phenoxy) is 1. The SMILES string of the molecule is CCC(=O)N(C)c1cc2c(-c3cnnn3-c3ccccc3)ncnc2cc1OC. The van der Waals surface area contributed by atoms with Gasteiger partial charge < -0.3 is 9.64 Å². The number of amides is 1. The molecule has 0 saturated carbocycles. The van der Waals surface area contributed by atoms with E-state index in [9.17, 15) is 4.79 Å². The van der Waals surface area contributed by atoms with E-state index < -0.39 is 0 Å². The predicted molar refractivity (Wildman–Crippen MR) is 110 cm³/mol. The number of fused-ring (bicyclic) bond motifs is 1. The van der Waals surface area contributed by atoms with Crippen LogP contribution in [0.2, 0.25) is 0 Å². The van der Waals surface area contributed by atoms with Crippen molar-refractivity contribution in [2.75, 3.05) is 19.1 Å². The summed E-state index contributed by atoms with van der Waals surface area (Å²) >= 11 is 0. The Balaban J connectivity index is 1.94. The first-order chi connectivity index (χ1) is 14.1. The molecule has 2 aromatic heterocycles. The number of aromatic nitrogens is 5. The summed E-state index contributed by atoms with van der Waals surface area (Å²) in [6.45, 7) is 1.82. The summed E-state index contributed by atoms with van der Waals surface area (Å²) in [7, 11) is 3.31. The lowest BCUT2D eigenvalue weighted by Gasteiger charge is -2.20. The van der Waals surface area contributed by atoms with E-state index in [1.807, 2.05) is 49.4 Å². The van der Waals surface area contributed by atoms with Gasteiger partial charge in [0.1, 0.15) is 23.5 Å². The number of nitrogens with zero attached hydrogens (tertiary/aromatic N) is 6. The normalized spacial score (nSPS) is 10.9. The van der Waals surface area contributed by atoms with E-state index in [4.69, 9.17) is 4.74 Å². The molecule has 0 aliphatic heterocycles. The Hall–Kier alpha value is -3.81. The Morgan fingerprint density at radius 3 is 2.69 bits per heavy atom. The second kappa shape index (κ2) is 7.67. The number of hydrogen-bond acceptors (Lipinski definition) is 6. The van der Waals surface area contributed by atoms with Crippen molar-refractivity contribution in [3.63, 3.8) is 0 Å². The van der Waals surface area contributed by atoms with Gasteiger partial charge in [-0.05, 0) is 18.2 Å².